The number of carbonyl (C=O) groups excluding carboxylic acids is 1. The highest BCUT2D eigenvalue weighted by Gasteiger charge is 2.20. The summed E-state index contributed by atoms with van der Waals surface area (Å²) in [5.74, 6) is -1.16. The molecule has 4 rings (SSSR count). The van der Waals surface area contributed by atoms with Gasteiger partial charge in [-0.1, -0.05) is 6.07 Å². The summed E-state index contributed by atoms with van der Waals surface area (Å²) in [5, 5.41) is 3.59. The van der Waals surface area contributed by atoms with Crippen molar-refractivity contribution in [3.8, 4) is 0 Å². The van der Waals surface area contributed by atoms with Crippen LogP contribution >= 0.6 is 11.3 Å². The Morgan fingerprint density at radius 3 is 3.00 bits per heavy atom. The molecule has 0 radical (unpaired) electrons. The van der Waals surface area contributed by atoms with Crippen LogP contribution in [0, 0.1) is 5.95 Å². The van der Waals surface area contributed by atoms with E-state index in [1.54, 1.807) is 35.7 Å². The number of aromatic nitrogens is 3. The van der Waals surface area contributed by atoms with Crippen LogP contribution in [0.5, 0.6) is 0 Å². The number of pyridine rings is 1. The lowest BCUT2D eigenvalue weighted by atomic mass is 10.0. The molecule has 1 N–H and O–H groups in total. The average molecular weight is 330 g/mol. The van der Waals surface area contributed by atoms with E-state index in [1.165, 1.54) is 22.1 Å². The minimum atomic E-state index is -0.642. The van der Waals surface area contributed by atoms with Crippen molar-refractivity contribution < 1.29 is 9.18 Å². The Labute approximate surface area is 136 Å². The molecule has 0 aromatic carbocycles. The van der Waals surface area contributed by atoms with E-state index in [0.29, 0.717) is 12.2 Å². The van der Waals surface area contributed by atoms with Gasteiger partial charge in [-0.25, -0.2) is 9.97 Å². The van der Waals surface area contributed by atoms with Crippen molar-refractivity contribution >= 4 is 22.9 Å². The van der Waals surface area contributed by atoms with Crippen molar-refractivity contribution in [3.63, 3.8) is 0 Å². The van der Waals surface area contributed by atoms with Gasteiger partial charge in [0.05, 0.1) is 12.2 Å². The summed E-state index contributed by atoms with van der Waals surface area (Å²) >= 11 is 1.64. The zero-order valence-corrected chi connectivity index (χ0v) is 13.2. The van der Waals surface area contributed by atoms with Crippen molar-refractivity contribution in [2.75, 3.05) is 0 Å². The summed E-state index contributed by atoms with van der Waals surface area (Å²) in [6, 6.07) is 5.11. The van der Waals surface area contributed by atoms with Crippen LogP contribution in [0.25, 0.3) is 5.65 Å². The van der Waals surface area contributed by atoms with Gasteiger partial charge in [-0.05, 0) is 37.8 Å². The minimum Gasteiger partial charge on any atom is -0.344 e. The second kappa shape index (κ2) is 5.73. The second-order valence-corrected chi connectivity index (χ2v) is 6.72. The van der Waals surface area contributed by atoms with Crippen LogP contribution in [0.15, 0.2) is 24.4 Å². The van der Waals surface area contributed by atoms with Crippen LogP contribution in [0.2, 0.25) is 0 Å². The Morgan fingerprint density at radius 2 is 2.17 bits per heavy atom. The number of aryl methyl sites for hydroxylation is 2. The fraction of sp³-hybridized carbons (Fsp3) is 0.312. The summed E-state index contributed by atoms with van der Waals surface area (Å²) in [4.78, 5) is 22.1. The molecule has 0 bridgehead atoms. The monoisotopic (exact) mass is 330 g/mol. The van der Waals surface area contributed by atoms with Crippen LogP contribution < -0.4 is 5.32 Å². The molecule has 5 nitrogen and oxygen atoms in total. The second-order valence-electron chi connectivity index (χ2n) is 5.55. The Morgan fingerprint density at radius 1 is 1.30 bits per heavy atom. The van der Waals surface area contributed by atoms with Crippen molar-refractivity contribution in [2.24, 2.45) is 0 Å². The molecule has 1 amide bonds. The number of rotatable bonds is 3. The van der Waals surface area contributed by atoms with Gasteiger partial charge in [0.2, 0.25) is 5.95 Å². The lowest BCUT2D eigenvalue weighted by molar-refractivity contribution is 0.0942. The first-order chi connectivity index (χ1) is 11.2. The van der Waals surface area contributed by atoms with Crippen LogP contribution in [0.3, 0.4) is 0 Å². The SMILES string of the molecule is O=C(NCc1nc2c(s1)CCCC2)c1nc2ccccn2c1F. The standard InChI is InChI=1S/C16H15FN4OS/c17-15-14(20-12-7-3-4-8-21(12)15)16(22)18-9-13-19-10-5-1-2-6-11(10)23-13/h3-4,7-8H,1-2,5-6,9H2,(H,18,22). The number of nitrogens with one attached hydrogen (secondary N) is 1. The Bertz CT molecular complexity index is 862. The van der Waals surface area contributed by atoms with Gasteiger partial charge in [0.1, 0.15) is 10.7 Å². The quantitative estimate of drug-likeness (QED) is 0.803. The van der Waals surface area contributed by atoms with Gasteiger partial charge in [-0.3, -0.25) is 9.20 Å². The molecule has 0 spiro atoms. The first-order valence-electron chi connectivity index (χ1n) is 7.60. The molecular formula is C16H15FN4OS. The first-order valence-corrected chi connectivity index (χ1v) is 8.42. The van der Waals surface area contributed by atoms with Crippen LogP contribution in [-0.4, -0.2) is 20.3 Å². The Balaban J connectivity index is 1.51. The fourth-order valence-corrected chi connectivity index (χ4v) is 3.93. The van der Waals surface area contributed by atoms with Gasteiger partial charge in [-0.2, -0.15) is 4.39 Å². The van der Waals surface area contributed by atoms with Crippen molar-refractivity contribution in [1.82, 2.24) is 19.7 Å². The number of halogens is 1. The molecule has 118 valence electrons. The van der Waals surface area contributed by atoms with E-state index >= 15 is 0 Å². The summed E-state index contributed by atoms with van der Waals surface area (Å²) in [6.07, 6.45) is 6.01. The lowest BCUT2D eigenvalue weighted by Gasteiger charge is -2.06. The molecule has 3 aromatic rings. The molecule has 23 heavy (non-hydrogen) atoms. The zero-order valence-electron chi connectivity index (χ0n) is 12.4. The van der Waals surface area contributed by atoms with E-state index < -0.39 is 11.9 Å². The van der Waals surface area contributed by atoms with Gasteiger partial charge in [0.25, 0.3) is 5.91 Å². The summed E-state index contributed by atoms with van der Waals surface area (Å²) < 4.78 is 15.5. The lowest BCUT2D eigenvalue weighted by Crippen LogP contribution is -2.24. The van der Waals surface area contributed by atoms with Crippen LogP contribution in [-0.2, 0) is 19.4 Å². The summed E-state index contributed by atoms with van der Waals surface area (Å²) in [7, 11) is 0. The third kappa shape index (κ3) is 2.61. The molecule has 0 fully saturated rings. The predicted molar refractivity (Wildman–Crippen MR) is 85.1 cm³/mol. The van der Waals surface area contributed by atoms with Gasteiger partial charge >= 0.3 is 0 Å². The molecule has 0 saturated carbocycles. The summed E-state index contributed by atoms with van der Waals surface area (Å²) in [6.45, 7) is 0.309. The van der Waals surface area contributed by atoms with Crippen molar-refractivity contribution in [3.05, 3.63) is 51.6 Å². The normalized spacial score (nSPS) is 14.0. The predicted octanol–water partition coefficient (Wildman–Crippen LogP) is 2.74. The van der Waals surface area contributed by atoms with E-state index in [0.717, 1.165) is 23.5 Å². The van der Waals surface area contributed by atoms with Crippen molar-refractivity contribution in [2.45, 2.75) is 32.2 Å². The number of carbonyl (C=O) groups is 1. The van der Waals surface area contributed by atoms with Crippen LogP contribution in [0.4, 0.5) is 4.39 Å². The highest BCUT2D eigenvalue weighted by molar-refractivity contribution is 7.11. The maximum Gasteiger partial charge on any atom is 0.275 e. The topological polar surface area (TPSA) is 59.3 Å². The summed E-state index contributed by atoms with van der Waals surface area (Å²) in [5.41, 5.74) is 1.39. The molecule has 3 heterocycles. The van der Waals surface area contributed by atoms with Gasteiger partial charge in [-0.15, -0.1) is 11.3 Å². The van der Waals surface area contributed by atoms with Crippen LogP contribution in [0.1, 0.15) is 38.9 Å². The number of hydrogen-bond acceptors (Lipinski definition) is 4. The number of fused-ring (bicyclic) bond motifs is 2. The first kappa shape index (κ1) is 14.3. The number of imidazole rings is 1. The fourth-order valence-electron chi connectivity index (χ4n) is 2.83. The molecule has 0 atom stereocenters. The molecule has 3 aromatic heterocycles. The number of hydrogen-bond donors (Lipinski definition) is 1. The maximum absolute atomic E-state index is 14.2. The van der Waals surface area contributed by atoms with Gasteiger partial charge in [0, 0.05) is 11.1 Å². The van der Waals surface area contributed by atoms with E-state index in [9.17, 15) is 9.18 Å². The largest absolute Gasteiger partial charge is 0.344 e. The van der Waals surface area contributed by atoms with Crippen molar-refractivity contribution in [1.29, 1.82) is 0 Å². The molecule has 0 aliphatic heterocycles. The molecule has 1 aliphatic rings. The van der Waals surface area contributed by atoms with E-state index in [2.05, 4.69) is 15.3 Å². The third-order valence-corrected chi connectivity index (χ3v) is 5.13. The minimum absolute atomic E-state index is 0.183. The number of amides is 1. The molecule has 0 saturated heterocycles. The zero-order chi connectivity index (χ0) is 15.8. The number of thiazole rings is 1. The van der Waals surface area contributed by atoms with E-state index in [-0.39, 0.29) is 5.69 Å². The molecule has 1 aliphatic carbocycles. The Kier molecular flexibility index (Phi) is 3.57. The van der Waals surface area contributed by atoms with Gasteiger partial charge in [0.15, 0.2) is 5.69 Å². The highest BCUT2D eigenvalue weighted by Crippen LogP contribution is 2.26. The molecular weight excluding hydrogens is 315 g/mol. The molecule has 7 heteroatoms. The average Bonchev–Trinajstić information content (AvgIpc) is 3.14. The van der Waals surface area contributed by atoms with Gasteiger partial charge < -0.3 is 5.32 Å². The number of nitrogens with zero attached hydrogens (tertiary/aromatic N) is 3. The Hall–Kier alpha value is -2.28. The highest BCUT2D eigenvalue weighted by atomic mass is 32.1. The molecule has 0 unspecified atom stereocenters. The maximum atomic E-state index is 14.2. The van der Waals surface area contributed by atoms with E-state index in [4.69, 9.17) is 0 Å². The van der Waals surface area contributed by atoms with E-state index in [1.807, 2.05) is 0 Å². The smallest absolute Gasteiger partial charge is 0.275 e. The third-order valence-electron chi connectivity index (χ3n) is 3.98.